The molecule has 0 spiro atoms. The number of anilines is 1. The van der Waals surface area contributed by atoms with Crippen LogP contribution in [0.1, 0.15) is 19.5 Å². The van der Waals surface area contributed by atoms with Crippen LogP contribution in [-0.2, 0) is 16.0 Å². The van der Waals surface area contributed by atoms with Crippen molar-refractivity contribution in [1.29, 1.82) is 0 Å². The third-order valence-electron chi connectivity index (χ3n) is 2.46. The normalized spacial score (nSPS) is 10.5. The number of hydrogen-bond acceptors (Lipinski definition) is 4. The number of amides is 2. The molecule has 0 fully saturated rings. The molecule has 6 heteroatoms. The van der Waals surface area contributed by atoms with Crippen LogP contribution in [0, 0.1) is 5.92 Å². The van der Waals surface area contributed by atoms with Crippen LogP contribution in [-0.4, -0.2) is 34.8 Å². The molecule has 0 aliphatic rings. The molecule has 0 atom stereocenters. The van der Waals surface area contributed by atoms with E-state index in [1.165, 1.54) is 11.1 Å². The topological polar surface area (TPSA) is 102 Å². The molecule has 0 saturated heterocycles. The van der Waals surface area contributed by atoms with Gasteiger partial charge in [-0.2, -0.15) is 0 Å². The van der Waals surface area contributed by atoms with Crippen molar-refractivity contribution in [2.45, 2.75) is 20.3 Å². The first-order chi connectivity index (χ1) is 8.88. The van der Waals surface area contributed by atoms with Crippen LogP contribution in [0.3, 0.4) is 0 Å². The molecule has 0 aliphatic carbocycles. The molecule has 6 nitrogen and oxygen atoms in total. The van der Waals surface area contributed by atoms with Gasteiger partial charge in [-0.1, -0.05) is 13.8 Å². The quantitative estimate of drug-likeness (QED) is 0.764. The Bertz CT molecular complexity index is 442. The lowest BCUT2D eigenvalue weighted by Crippen LogP contribution is -2.41. The Morgan fingerprint density at radius 1 is 1.37 bits per heavy atom. The first kappa shape index (κ1) is 14.9. The molecule has 104 valence electrons. The second-order valence-corrected chi connectivity index (χ2v) is 4.89. The summed E-state index contributed by atoms with van der Waals surface area (Å²) in [6, 6.07) is 3.39. The molecular weight excluding hydrogens is 244 g/mol. The Morgan fingerprint density at radius 2 is 2.05 bits per heavy atom. The largest absolute Gasteiger partial charge is 0.397 e. The van der Waals surface area contributed by atoms with E-state index in [9.17, 15) is 9.59 Å². The maximum atomic E-state index is 12.1. The molecule has 0 saturated carbocycles. The van der Waals surface area contributed by atoms with Gasteiger partial charge < -0.3 is 16.4 Å². The van der Waals surface area contributed by atoms with E-state index in [4.69, 9.17) is 11.5 Å². The van der Waals surface area contributed by atoms with Crippen molar-refractivity contribution >= 4 is 17.5 Å². The van der Waals surface area contributed by atoms with Crippen molar-refractivity contribution in [2.24, 2.45) is 11.7 Å². The molecule has 4 N–H and O–H groups in total. The number of pyridine rings is 1. The fraction of sp³-hybridized carbons (Fsp3) is 0.462. The van der Waals surface area contributed by atoms with Gasteiger partial charge in [-0.05, 0) is 18.1 Å². The first-order valence-corrected chi connectivity index (χ1v) is 6.15. The molecule has 0 aromatic carbocycles. The number of nitrogens with zero attached hydrogens (tertiary/aromatic N) is 2. The van der Waals surface area contributed by atoms with Gasteiger partial charge in [0.2, 0.25) is 11.8 Å². The van der Waals surface area contributed by atoms with Crippen molar-refractivity contribution < 1.29 is 9.59 Å². The minimum atomic E-state index is -0.515. The van der Waals surface area contributed by atoms with Gasteiger partial charge in [0, 0.05) is 12.2 Å². The van der Waals surface area contributed by atoms with E-state index in [-0.39, 0.29) is 24.8 Å². The van der Waals surface area contributed by atoms with Crippen LogP contribution < -0.4 is 11.5 Å². The average molecular weight is 264 g/mol. The Morgan fingerprint density at radius 3 is 2.53 bits per heavy atom. The standard InChI is InChI=1S/C13H20N4O2/c1-9(2)7-17(8-12(15)18)13(19)5-11-4-3-10(14)6-16-11/h3-4,6,9H,5,7-8,14H2,1-2H3,(H2,15,18). The zero-order valence-electron chi connectivity index (χ0n) is 11.3. The molecule has 1 rings (SSSR count). The fourth-order valence-corrected chi connectivity index (χ4v) is 1.69. The number of nitrogens with two attached hydrogens (primary N) is 2. The summed E-state index contributed by atoms with van der Waals surface area (Å²) in [7, 11) is 0. The zero-order valence-corrected chi connectivity index (χ0v) is 11.3. The Labute approximate surface area is 112 Å². The van der Waals surface area contributed by atoms with Crippen molar-refractivity contribution in [3.8, 4) is 0 Å². The van der Waals surface area contributed by atoms with Crippen LogP contribution in [0.25, 0.3) is 0 Å². The van der Waals surface area contributed by atoms with E-state index >= 15 is 0 Å². The van der Waals surface area contributed by atoms with Crippen LogP contribution >= 0.6 is 0 Å². The molecule has 19 heavy (non-hydrogen) atoms. The Kier molecular flexibility index (Phi) is 5.29. The van der Waals surface area contributed by atoms with Crippen molar-refractivity contribution in [3.05, 3.63) is 24.0 Å². The minimum absolute atomic E-state index is 0.0635. The van der Waals surface area contributed by atoms with Crippen LogP contribution in [0.4, 0.5) is 5.69 Å². The molecular formula is C13H20N4O2. The number of aromatic nitrogens is 1. The van der Waals surface area contributed by atoms with Gasteiger partial charge >= 0.3 is 0 Å². The van der Waals surface area contributed by atoms with Crippen molar-refractivity contribution in [2.75, 3.05) is 18.8 Å². The SMILES string of the molecule is CC(C)CN(CC(N)=O)C(=O)Cc1ccc(N)cn1. The van der Waals surface area contributed by atoms with Gasteiger partial charge in [0.05, 0.1) is 24.8 Å². The summed E-state index contributed by atoms with van der Waals surface area (Å²) in [6.07, 6.45) is 1.64. The van der Waals surface area contributed by atoms with Gasteiger partial charge in [-0.3, -0.25) is 14.6 Å². The zero-order chi connectivity index (χ0) is 14.4. The van der Waals surface area contributed by atoms with E-state index in [1.54, 1.807) is 12.1 Å². The van der Waals surface area contributed by atoms with Crippen LogP contribution in [0.15, 0.2) is 18.3 Å². The molecule has 1 heterocycles. The first-order valence-electron chi connectivity index (χ1n) is 6.15. The highest BCUT2D eigenvalue weighted by Gasteiger charge is 2.17. The number of nitrogen functional groups attached to an aromatic ring is 1. The molecule has 1 aromatic heterocycles. The fourth-order valence-electron chi connectivity index (χ4n) is 1.69. The number of rotatable bonds is 6. The summed E-state index contributed by atoms with van der Waals surface area (Å²) in [5.74, 6) is -0.410. The summed E-state index contributed by atoms with van der Waals surface area (Å²) in [5.41, 5.74) is 11.9. The van der Waals surface area contributed by atoms with Crippen LogP contribution in [0.2, 0.25) is 0 Å². The third-order valence-corrected chi connectivity index (χ3v) is 2.46. The predicted molar refractivity (Wildman–Crippen MR) is 73.0 cm³/mol. The average Bonchev–Trinajstić information content (AvgIpc) is 2.30. The summed E-state index contributed by atoms with van der Waals surface area (Å²) in [5, 5.41) is 0. The second kappa shape index (κ2) is 6.72. The molecule has 0 bridgehead atoms. The highest BCUT2D eigenvalue weighted by atomic mass is 16.2. The van der Waals surface area contributed by atoms with Gasteiger partial charge in [-0.25, -0.2) is 0 Å². The van der Waals surface area contributed by atoms with Gasteiger partial charge in [0.25, 0.3) is 0 Å². The smallest absolute Gasteiger partial charge is 0.237 e. The molecule has 0 unspecified atom stereocenters. The summed E-state index contributed by atoms with van der Waals surface area (Å²) >= 11 is 0. The van der Waals surface area contributed by atoms with Gasteiger partial charge in [0.15, 0.2) is 0 Å². The van der Waals surface area contributed by atoms with Gasteiger partial charge in [-0.15, -0.1) is 0 Å². The minimum Gasteiger partial charge on any atom is -0.397 e. The lowest BCUT2D eigenvalue weighted by molar-refractivity contribution is -0.135. The molecule has 0 aliphatic heterocycles. The second-order valence-electron chi connectivity index (χ2n) is 4.89. The lowest BCUT2D eigenvalue weighted by Gasteiger charge is -2.23. The monoisotopic (exact) mass is 264 g/mol. The van der Waals surface area contributed by atoms with E-state index in [1.807, 2.05) is 13.8 Å². The third kappa shape index (κ3) is 5.37. The predicted octanol–water partition coefficient (Wildman–Crippen LogP) is 0.176. The van der Waals surface area contributed by atoms with E-state index in [0.717, 1.165) is 0 Å². The molecule has 0 radical (unpaired) electrons. The summed E-state index contributed by atoms with van der Waals surface area (Å²) in [6.45, 7) is 4.38. The van der Waals surface area contributed by atoms with E-state index in [0.29, 0.717) is 17.9 Å². The lowest BCUT2D eigenvalue weighted by atomic mass is 10.2. The summed E-state index contributed by atoms with van der Waals surface area (Å²) in [4.78, 5) is 28.6. The van der Waals surface area contributed by atoms with E-state index in [2.05, 4.69) is 4.98 Å². The number of hydrogen-bond donors (Lipinski definition) is 2. The van der Waals surface area contributed by atoms with E-state index < -0.39 is 5.91 Å². The van der Waals surface area contributed by atoms with Gasteiger partial charge in [0.1, 0.15) is 0 Å². The number of primary amides is 1. The maximum absolute atomic E-state index is 12.1. The van der Waals surface area contributed by atoms with Crippen LogP contribution in [0.5, 0.6) is 0 Å². The number of carbonyl (C=O) groups is 2. The highest BCUT2D eigenvalue weighted by Crippen LogP contribution is 2.06. The maximum Gasteiger partial charge on any atom is 0.237 e. The highest BCUT2D eigenvalue weighted by molar-refractivity contribution is 5.84. The molecule has 1 aromatic rings. The number of carbonyl (C=O) groups excluding carboxylic acids is 2. The Balaban J connectivity index is 2.70. The summed E-state index contributed by atoms with van der Waals surface area (Å²) < 4.78 is 0. The molecule has 2 amide bonds. The van der Waals surface area contributed by atoms with Crippen molar-refractivity contribution in [1.82, 2.24) is 9.88 Å². The van der Waals surface area contributed by atoms with Crippen molar-refractivity contribution in [3.63, 3.8) is 0 Å². The Hall–Kier alpha value is -2.11.